The lowest BCUT2D eigenvalue weighted by atomic mass is 9.96. The van der Waals surface area contributed by atoms with Crippen LogP contribution in [0, 0.1) is 0 Å². The molecule has 5 heteroatoms. The summed E-state index contributed by atoms with van der Waals surface area (Å²) in [6, 6.07) is 24.5. The number of benzene rings is 3. The average molecular weight is 427 g/mol. The number of hydrogen-bond donors (Lipinski definition) is 0. The molecule has 0 aliphatic carbocycles. The summed E-state index contributed by atoms with van der Waals surface area (Å²) in [5.74, 6) is 2.59. The molecule has 0 N–H and O–H groups in total. The third-order valence-electron chi connectivity index (χ3n) is 5.73. The Morgan fingerprint density at radius 2 is 1.72 bits per heavy atom. The highest BCUT2D eigenvalue weighted by molar-refractivity contribution is 6.02. The Kier molecular flexibility index (Phi) is 5.55. The molecule has 0 fully saturated rings. The molecule has 2 aliphatic heterocycles. The van der Waals surface area contributed by atoms with Crippen LogP contribution >= 0.6 is 0 Å². The predicted octanol–water partition coefficient (Wildman–Crippen LogP) is 5.89. The van der Waals surface area contributed by atoms with Gasteiger partial charge in [0.15, 0.2) is 0 Å². The van der Waals surface area contributed by atoms with Gasteiger partial charge in [-0.15, -0.1) is 0 Å². The van der Waals surface area contributed by atoms with E-state index >= 15 is 0 Å². The molecule has 0 saturated carbocycles. The van der Waals surface area contributed by atoms with Gasteiger partial charge in [0.25, 0.3) is 0 Å². The number of hydrazone groups is 1. The van der Waals surface area contributed by atoms with Crippen molar-refractivity contribution in [2.24, 2.45) is 5.10 Å². The molecule has 32 heavy (non-hydrogen) atoms. The number of fused-ring (bicyclic) bond motifs is 3. The molecule has 3 aromatic rings. The maximum atomic E-state index is 6.43. The second-order valence-corrected chi connectivity index (χ2v) is 7.78. The van der Waals surface area contributed by atoms with Crippen molar-refractivity contribution in [3.8, 4) is 17.2 Å². The van der Waals surface area contributed by atoms with Gasteiger partial charge in [-0.3, -0.25) is 0 Å². The highest BCUT2D eigenvalue weighted by Crippen LogP contribution is 2.47. The van der Waals surface area contributed by atoms with Crippen LogP contribution in [0.2, 0.25) is 0 Å². The summed E-state index contributed by atoms with van der Waals surface area (Å²) in [5.41, 5.74) is 4.35. The highest BCUT2D eigenvalue weighted by Gasteiger charge is 2.40. The summed E-state index contributed by atoms with van der Waals surface area (Å²) < 4.78 is 17.6. The summed E-state index contributed by atoms with van der Waals surface area (Å²) >= 11 is 0. The molecule has 0 saturated heterocycles. The maximum Gasteiger partial charge on any atom is 0.213 e. The fourth-order valence-electron chi connectivity index (χ4n) is 4.22. The first kappa shape index (κ1) is 20.2. The van der Waals surface area contributed by atoms with Gasteiger partial charge in [-0.25, -0.2) is 5.01 Å². The summed E-state index contributed by atoms with van der Waals surface area (Å²) in [4.78, 5) is 0. The molecule has 0 radical (unpaired) electrons. The molecule has 3 aromatic carbocycles. The molecule has 2 heterocycles. The van der Waals surface area contributed by atoms with Crippen LogP contribution in [0.3, 0.4) is 0 Å². The molecule has 5 nitrogen and oxygen atoms in total. The Bertz CT molecular complexity index is 1120. The minimum atomic E-state index is -0.293. The van der Waals surface area contributed by atoms with E-state index in [4.69, 9.17) is 19.3 Å². The van der Waals surface area contributed by atoms with Crippen LogP contribution in [0.1, 0.15) is 42.3 Å². The van der Waals surface area contributed by atoms with E-state index in [1.165, 1.54) is 5.56 Å². The first-order valence-electron chi connectivity index (χ1n) is 10.9. The second-order valence-electron chi connectivity index (χ2n) is 7.78. The Hall–Kier alpha value is -3.73. The van der Waals surface area contributed by atoms with Crippen LogP contribution in [0.25, 0.3) is 0 Å². The van der Waals surface area contributed by atoms with Gasteiger partial charge in [-0.05, 0) is 67.1 Å². The van der Waals surface area contributed by atoms with Crippen LogP contribution < -0.4 is 14.2 Å². The maximum absolute atomic E-state index is 6.43. The first-order chi connectivity index (χ1) is 15.8. The van der Waals surface area contributed by atoms with Gasteiger partial charge >= 0.3 is 0 Å². The van der Waals surface area contributed by atoms with Gasteiger partial charge in [0.05, 0.1) is 18.4 Å². The lowest BCUT2D eigenvalue weighted by Gasteiger charge is -2.38. The van der Waals surface area contributed by atoms with Gasteiger partial charge in [0.1, 0.15) is 23.9 Å². The van der Waals surface area contributed by atoms with Crippen molar-refractivity contribution in [3.05, 3.63) is 102 Å². The zero-order chi connectivity index (χ0) is 21.9. The molecule has 2 atom stereocenters. The average Bonchev–Trinajstić information content (AvgIpc) is 3.29. The van der Waals surface area contributed by atoms with Crippen molar-refractivity contribution >= 4 is 5.71 Å². The van der Waals surface area contributed by atoms with Crippen molar-refractivity contribution in [2.75, 3.05) is 13.2 Å². The largest absolute Gasteiger partial charge is 0.494 e. The number of para-hydroxylation sites is 1. The fraction of sp³-hybridized carbons (Fsp3) is 0.222. The Morgan fingerprint density at radius 3 is 2.47 bits per heavy atom. The zero-order valence-electron chi connectivity index (χ0n) is 18.1. The molecule has 0 bridgehead atoms. The van der Waals surface area contributed by atoms with E-state index < -0.39 is 0 Å². The zero-order valence-corrected chi connectivity index (χ0v) is 18.1. The molecule has 0 unspecified atom stereocenters. The number of rotatable bonds is 7. The fourth-order valence-corrected chi connectivity index (χ4v) is 4.22. The van der Waals surface area contributed by atoms with Crippen molar-refractivity contribution < 1.29 is 14.2 Å². The monoisotopic (exact) mass is 426 g/mol. The smallest absolute Gasteiger partial charge is 0.213 e. The molecule has 2 aliphatic rings. The van der Waals surface area contributed by atoms with E-state index in [9.17, 15) is 0 Å². The van der Waals surface area contributed by atoms with Gasteiger partial charge in [-0.2, -0.15) is 5.10 Å². The Morgan fingerprint density at radius 1 is 1.00 bits per heavy atom. The molecule has 0 aromatic heterocycles. The van der Waals surface area contributed by atoms with Crippen LogP contribution in [-0.4, -0.2) is 23.9 Å². The summed E-state index contributed by atoms with van der Waals surface area (Å²) in [6.45, 7) is 6.82. The summed E-state index contributed by atoms with van der Waals surface area (Å²) in [6.07, 6.45) is 2.27. The molecular formula is C27H26N2O3. The number of hydrogen-bond acceptors (Lipinski definition) is 5. The predicted molar refractivity (Wildman–Crippen MR) is 125 cm³/mol. The normalized spacial score (nSPS) is 18.8. The van der Waals surface area contributed by atoms with E-state index in [1.807, 2.05) is 43.3 Å². The van der Waals surface area contributed by atoms with Gasteiger partial charge < -0.3 is 14.2 Å². The molecule has 162 valence electrons. The third-order valence-corrected chi connectivity index (χ3v) is 5.73. The van der Waals surface area contributed by atoms with Crippen LogP contribution in [0.4, 0.5) is 0 Å². The van der Waals surface area contributed by atoms with E-state index in [1.54, 1.807) is 6.08 Å². The molecule has 0 spiro atoms. The number of nitrogens with zero attached hydrogens (tertiary/aromatic N) is 2. The van der Waals surface area contributed by atoms with Crippen molar-refractivity contribution in [1.29, 1.82) is 0 Å². The second kappa shape index (κ2) is 8.79. The van der Waals surface area contributed by atoms with Gasteiger partial charge in [0, 0.05) is 17.5 Å². The lowest BCUT2D eigenvalue weighted by molar-refractivity contribution is -0.0190. The summed E-state index contributed by atoms with van der Waals surface area (Å²) in [5, 5.41) is 7.12. The molecular weight excluding hydrogens is 400 g/mol. The van der Waals surface area contributed by atoms with Crippen LogP contribution in [0.5, 0.6) is 17.2 Å². The van der Waals surface area contributed by atoms with Crippen molar-refractivity contribution in [1.82, 2.24) is 5.01 Å². The van der Waals surface area contributed by atoms with Crippen molar-refractivity contribution in [3.63, 3.8) is 0 Å². The minimum absolute atomic E-state index is 0.128. The minimum Gasteiger partial charge on any atom is -0.494 e. The Labute approximate surface area is 188 Å². The quantitative estimate of drug-likeness (QED) is 0.442. The number of ether oxygens (including phenoxy) is 3. The van der Waals surface area contributed by atoms with Gasteiger partial charge in [0.2, 0.25) is 6.23 Å². The Balaban J connectivity index is 1.47. The third kappa shape index (κ3) is 3.82. The topological polar surface area (TPSA) is 43.3 Å². The molecule has 5 rings (SSSR count). The highest BCUT2D eigenvalue weighted by atomic mass is 16.5. The lowest BCUT2D eigenvalue weighted by Crippen LogP contribution is -2.33. The molecule has 0 amide bonds. The van der Waals surface area contributed by atoms with E-state index in [2.05, 4.69) is 48.0 Å². The van der Waals surface area contributed by atoms with E-state index in [0.717, 1.165) is 40.5 Å². The van der Waals surface area contributed by atoms with E-state index in [0.29, 0.717) is 13.2 Å². The van der Waals surface area contributed by atoms with Gasteiger partial charge in [-0.1, -0.05) is 30.9 Å². The first-order valence-corrected chi connectivity index (χ1v) is 10.9. The van der Waals surface area contributed by atoms with Crippen LogP contribution in [-0.2, 0) is 0 Å². The SMILES string of the molecule is C=CCOc1ccc(C2=NN3[C@@H](c4ccc(OCC)cc4)Oc4ccccc4[C@@H]3C2)cc1. The van der Waals surface area contributed by atoms with E-state index in [-0.39, 0.29) is 12.3 Å². The standard InChI is InChI=1S/C27H26N2O3/c1-3-17-31-22-13-9-19(10-14-22)24-18-25-23-7-5-6-8-26(23)32-27(29(25)28-24)20-11-15-21(16-12-20)30-4-2/h3,5-16,25,27H,1,4,17-18H2,2H3/t25-,27+/m0/s1. The summed E-state index contributed by atoms with van der Waals surface area (Å²) in [7, 11) is 0. The van der Waals surface area contributed by atoms with Crippen molar-refractivity contribution in [2.45, 2.75) is 25.6 Å². The van der Waals surface area contributed by atoms with Crippen LogP contribution in [0.15, 0.2) is 90.6 Å².